The van der Waals surface area contributed by atoms with Crippen LogP contribution in [0.15, 0.2) is 60.7 Å². The zero-order valence-corrected chi connectivity index (χ0v) is 11.0. The molecule has 0 aliphatic carbocycles. The van der Waals surface area contributed by atoms with Gasteiger partial charge in [-0.15, -0.1) is 0 Å². The molecule has 1 saturated heterocycles. The Morgan fingerprint density at radius 1 is 0.722 bits per heavy atom. The van der Waals surface area contributed by atoms with Gasteiger partial charge in [0, 0.05) is 6.04 Å². The molecule has 1 heteroatoms. The number of hydrogen-bond donors (Lipinski definition) is 0. The van der Waals surface area contributed by atoms with Gasteiger partial charge in [-0.3, -0.25) is 4.90 Å². The Morgan fingerprint density at radius 3 is 1.44 bits per heavy atom. The number of hydrogen-bond acceptors (Lipinski definition) is 1. The molecule has 1 heterocycles. The average Bonchev–Trinajstić information content (AvgIpc) is 3.16. The van der Waals surface area contributed by atoms with Crippen LogP contribution in [0.2, 0.25) is 0 Å². The minimum atomic E-state index is 0.550. The van der Waals surface area contributed by atoms with Gasteiger partial charge in [0.15, 0.2) is 0 Å². The molecule has 1 fully saturated rings. The minimum Gasteiger partial charge on any atom is -0.283 e. The lowest BCUT2D eigenvalue weighted by atomic mass is 10.0. The van der Waals surface area contributed by atoms with Gasteiger partial charge in [-0.1, -0.05) is 60.7 Å². The first-order chi connectivity index (χ1) is 8.79. The van der Waals surface area contributed by atoms with Gasteiger partial charge < -0.3 is 0 Å². The molecular weight excluding hydrogens is 218 g/mol. The van der Waals surface area contributed by atoms with Crippen LogP contribution < -0.4 is 0 Å². The van der Waals surface area contributed by atoms with E-state index in [-0.39, 0.29) is 0 Å². The van der Waals surface area contributed by atoms with E-state index in [0.717, 1.165) is 0 Å². The summed E-state index contributed by atoms with van der Waals surface area (Å²) in [7, 11) is 0. The first kappa shape index (κ1) is 11.5. The fourth-order valence-corrected chi connectivity index (χ4v) is 2.90. The van der Waals surface area contributed by atoms with E-state index >= 15 is 0 Å². The van der Waals surface area contributed by atoms with Crippen molar-refractivity contribution in [2.24, 2.45) is 0 Å². The molecule has 2 aromatic rings. The minimum absolute atomic E-state index is 0.550. The van der Waals surface area contributed by atoms with Crippen molar-refractivity contribution in [2.75, 3.05) is 0 Å². The summed E-state index contributed by atoms with van der Waals surface area (Å²) in [4.78, 5) is 2.57. The van der Waals surface area contributed by atoms with E-state index in [1.807, 2.05) is 0 Å². The van der Waals surface area contributed by atoms with E-state index in [1.165, 1.54) is 11.1 Å². The molecule has 3 rings (SSSR count). The molecule has 92 valence electrons. The van der Waals surface area contributed by atoms with Gasteiger partial charge in [0.25, 0.3) is 0 Å². The molecule has 2 aromatic carbocycles. The van der Waals surface area contributed by atoms with Crippen LogP contribution in [0.5, 0.6) is 0 Å². The molecule has 0 amide bonds. The van der Waals surface area contributed by atoms with Gasteiger partial charge in [0.05, 0.1) is 12.1 Å². The Morgan fingerprint density at radius 2 is 1.11 bits per heavy atom. The lowest BCUT2D eigenvalue weighted by Crippen LogP contribution is -2.10. The maximum Gasteiger partial charge on any atom is 0.0555 e. The van der Waals surface area contributed by atoms with Crippen molar-refractivity contribution in [1.82, 2.24) is 4.90 Å². The summed E-state index contributed by atoms with van der Waals surface area (Å²) in [5, 5.41) is 0. The second-order valence-corrected chi connectivity index (χ2v) is 5.25. The monoisotopic (exact) mass is 237 g/mol. The first-order valence-electron chi connectivity index (χ1n) is 6.66. The highest BCUT2D eigenvalue weighted by Gasteiger charge is 2.50. The summed E-state index contributed by atoms with van der Waals surface area (Å²) in [6.45, 7) is 4.55. The fraction of sp³-hybridized carbons (Fsp3) is 0.294. The van der Waals surface area contributed by atoms with E-state index in [0.29, 0.717) is 18.1 Å². The number of benzene rings is 2. The molecule has 1 aliphatic rings. The standard InChI is InChI=1S/C17H19N/c1-13(2)18-16(14-9-5-3-6-10-14)17(18)15-11-7-4-8-12-15/h3-13,16-17H,1-2H3. The molecule has 2 unspecified atom stereocenters. The molecule has 0 radical (unpaired) electrons. The summed E-state index contributed by atoms with van der Waals surface area (Å²) in [5.74, 6) is 0. The van der Waals surface area contributed by atoms with Crippen LogP contribution in [0, 0.1) is 0 Å². The number of nitrogens with zero attached hydrogens (tertiary/aromatic N) is 1. The van der Waals surface area contributed by atoms with Crippen molar-refractivity contribution in [3.05, 3.63) is 71.8 Å². The van der Waals surface area contributed by atoms with Crippen LogP contribution in [0.3, 0.4) is 0 Å². The zero-order chi connectivity index (χ0) is 12.5. The van der Waals surface area contributed by atoms with Crippen LogP contribution >= 0.6 is 0 Å². The molecular formula is C17H19N. The van der Waals surface area contributed by atoms with E-state index in [1.54, 1.807) is 0 Å². The number of rotatable bonds is 3. The Bertz CT molecular complexity index is 458. The van der Waals surface area contributed by atoms with E-state index < -0.39 is 0 Å². The predicted octanol–water partition coefficient (Wildman–Crippen LogP) is 4.19. The topological polar surface area (TPSA) is 3.01 Å². The van der Waals surface area contributed by atoms with Crippen molar-refractivity contribution in [2.45, 2.75) is 32.0 Å². The normalized spacial score (nSPS) is 26.3. The molecule has 18 heavy (non-hydrogen) atoms. The molecule has 0 aromatic heterocycles. The predicted molar refractivity (Wildman–Crippen MR) is 75.3 cm³/mol. The molecule has 0 bridgehead atoms. The molecule has 1 aliphatic heterocycles. The van der Waals surface area contributed by atoms with Gasteiger partial charge in [-0.05, 0) is 25.0 Å². The van der Waals surface area contributed by atoms with Gasteiger partial charge in [-0.2, -0.15) is 0 Å². The van der Waals surface area contributed by atoms with Crippen LogP contribution in [-0.4, -0.2) is 10.9 Å². The lowest BCUT2D eigenvalue weighted by molar-refractivity contribution is 0.401. The summed E-state index contributed by atoms with van der Waals surface area (Å²) in [5.41, 5.74) is 2.86. The Labute approximate surface area is 109 Å². The van der Waals surface area contributed by atoms with Crippen LogP contribution in [0.1, 0.15) is 37.1 Å². The van der Waals surface area contributed by atoms with E-state index in [2.05, 4.69) is 79.4 Å². The zero-order valence-electron chi connectivity index (χ0n) is 11.0. The molecule has 1 nitrogen and oxygen atoms in total. The second-order valence-electron chi connectivity index (χ2n) is 5.25. The van der Waals surface area contributed by atoms with Gasteiger partial charge in [0.2, 0.25) is 0 Å². The maximum atomic E-state index is 2.57. The first-order valence-corrected chi connectivity index (χ1v) is 6.66. The van der Waals surface area contributed by atoms with Crippen LogP contribution in [-0.2, 0) is 0 Å². The molecule has 0 saturated carbocycles. The largest absolute Gasteiger partial charge is 0.283 e. The third kappa shape index (κ3) is 1.95. The summed E-state index contributed by atoms with van der Waals surface area (Å²) in [6.07, 6.45) is 0. The fourth-order valence-electron chi connectivity index (χ4n) is 2.90. The summed E-state index contributed by atoms with van der Waals surface area (Å²) < 4.78 is 0. The van der Waals surface area contributed by atoms with Crippen molar-refractivity contribution in [3.8, 4) is 0 Å². The maximum absolute atomic E-state index is 2.57. The van der Waals surface area contributed by atoms with Gasteiger partial charge in [0.1, 0.15) is 0 Å². The molecule has 0 N–H and O–H groups in total. The van der Waals surface area contributed by atoms with Crippen molar-refractivity contribution >= 4 is 0 Å². The quantitative estimate of drug-likeness (QED) is 0.723. The Kier molecular flexibility index (Phi) is 2.92. The van der Waals surface area contributed by atoms with E-state index in [9.17, 15) is 0 Å². The van der Waals surface area contributed by atoms with E-state index in [4.69, 9.17) is 0 Å². The van der Waals surface area contributed by atoms with Crippen molar-refractivity contribution in [3.63, 3.8) is 0 Å². The Hall–Kier alpha value is -1.60. The highest BCUT2D eigenvalue weighted by atomic mass is 15.4. The highest BCUT2D eigenvalue weighted by molar-refractivity contribution is 5.35. The summed E-state index contributed by atoms with van der Waals surface area (Å²) >= 11 is 0. The van der Waals surface area contributed by atoms with Crippen LogP contribution in [0.4, 0.5) is 0 Å². The van der Waals surface area contributed by atoms with Crippen molar-refractivity contribution < 1.29 is 0 Å². The van der Waals surface area contributed by atoms with Gasteiger partial charge in [-0.25, -0.2) is 0 Å². The summed E-state index contributed by atoms with van der Waals surface area (Å²) in [6, 6.07) is 23.3. The molecule has 2 atom stereocenters. The van der Waals surface area contributed by atoms with Gasteiger partial charge >= 0.3 is 0 Å². The third-order valence-electron chi connectivity index (χ3n) is 3.73. The van der Waals surface area contributed by atoms with Crippen molar-refractivity contribution in [1.29, 1.82) is 0 Å². The molecule has 0 spiro atoms. The lowest BCUT2D eigenvalue weighted by Gasteiger charge is -2.07. The third-order valence-corrected chi connectivity index (χ3v) is 3.73. The average molecular weight is 237 g/mol. The SMILES string of the molecule is CC(C)N1C(c2ccccc2)C1c1ccccc1. The van der Waals surface area contributed by atoms with Crippen LogP contribution in [0.25, 0.3) is 0 Å². The smallest absolute Gasteiger partial charge is 0.0555 e. The highest BCUT2D eigenvalue weighted by Crippen LogP contribution is 2.55. The second kappa shape index (κ2) is 4.58. The Balaban J connectivity index is 1.91.